The molecule has 0 aliphatic carbocycles. The lowest BCUT2D eigenvalue weighted by molar-refractivity contribution is 0.0482. The van der Waals surface area contributed by atoms with Gasteiger partial charge in [0.25, 0.3) is 0 Å². The average molecular weight is 295 g/mol. The van der Waals surface area contributed by atoms with Crippen molar-refractivity contribution in [2.24, 2.45) is 0 Å². The summed E-state index contributed by atoms with van der Waals surface area (Å²) in [6, 6.07) is 1.91. The Kier molecular flexibility index (Phi) is 4.37. The molecule has 3 nitrogen and oxygen atoms in total. The number of hydrogen-bond donors (Lipinski definition) is 0. The molecule has 2 heterocycles. The maximum Gasteiger partial charge on any atom is 0.348 e. The van der Waals surface area contributed by atoms with Crippen molar-refractivity contribution in [1.82, 2.24) is 4.98 Å². The van der Waals surface area contributed by atoms with Gasteiger partial charge in [0.2, 0.25) is 0 Å². The van der Waals surface area contributed by atoms with E-state index in [4.69, 9.17) is 4.74 Å². The van der Waals surface area contributed by atoms with Crippen LogP contribution in [0.15, 0.2) is 6.07 Å². The number of thiazole rings is 1. The summed E-state index contributed by atoms with van der Waals surface area (Å²) in [5.74, 6) is -0.238. The molecule has 2 aromatic rings. The van der Waals surface area contributed by atoms with Gasteiger partial charge >= 0.3 is 5.97 Å². The van der Waals surface area contributed by atoms with Crippen molar-refractivity contribution in [3.05, 3.63) is 37.0 Å². The largest absolute Gasteiger partial charge is 0.456 e. The van der Waals surface area contributed by atoms with Crippen LogP contribution in [0, 0.1) is 20.8 Å². The van der Waals surface area contributed by atoms with Crippen LogP contribution in [0.5, 0.6) is 0 Å². The standard InChI is InChI=1S/C14H17NO2S2/c1-5-11-8(2)6-12(19-11)14(16)17-7-13-9(3)15-10(4)18-13/h6H,5,7H2,1-4H3. The zero-order valence-corrected chi connectivity index (χ0v) is 13.2. The van der Waals surface area contributed by atoms with Crippen LogP contribution in [-0.4, -0.2) is 11.0 Å². The van der Waals surface area contributed by atoms with Gasteiger partial charge in [0.15, 0.2) is 0 Å². The van der Waals surface area contributed by atoms with Gasteiger partial charge < -0.3 is 4.74 Å². The Hall–Kier alpha value is -1.20. The maximum atomic E-state index is 12.0. The molecule has 2 aromatic heterocycles. The summed E-state index contributed by atoms with van der Waals surface area (Å²) in [4.78, 5) is 19.3. The van der Waals surface area contributed by atoms with Crippen molar-refractivity contribution in [1.29, 1.82) is 0 Å². The predicted octanol–water partition coefficient (Wildman–Crippen LogP) is 4.05. The minimum absolute atomic E-state index is 0.238. The number of carbonyl (C=O) groups is 1. The molecule has 0 fully saturated rings. The second-order valence-electron chi connectivity index (χ2n) is 4.39. The molecule has 0 aliphatic heterocycles. The highest BCUT2D eigenvalue weighted by molar-refractivity contribution is 7.14. The summed E-state index contributed by atoms with van der Waals surface area (Å²) < 4.78 is 5.36. The molecular formula is C14H17NO2S2. The van der Waals surface area contributed by atoms with Crippen molar-refractivity contribution in [2.45, 2.75) is 40.7 Å². The van der Waals surface area contributed by atoms with E-state index in [1.54, 1.807) is 11.3 Å². The van der Waals surface area contributed by atoms with Gasteiger partial charge in [-0.3, -0.25) is 0 Å². The third-order valence-electron chi connectivity index (χ3n) is 2.88. The molecule has 19 heavy (non-hydrogen) atoms. The van der Waals surface area contributed by atoms with Crippen LogP contribution in [-0.2, 0) is 17.8 Å². The SMILES string of the molecule is CCc1sc(C(=O)OCc2sc(C)nc2C)cc1C. The van der Waals surface area contributed by atoms with E-state index in [1.165, 1.54) is 21.8 Å². The first kappa shape index (κ1) is 14.2. The molecular weight excluding hydrogens is 278 g/mol. The summed E-state index contributed by atoms with van der Waals surface area (Å²) >= 11 is 3.10. The molecule has 102 valence electrons. The lowest BCUT2D eigenvalue weighted by Gasteiger charge is -2.01. The monoisotopic (exact) mass is 295 g/mol. The van der Waals surface area contributed by atoms with Gasteiger partial charge in [-0.2, -0.15) is 0 Å². The number of aromatic nitrogens is 1. The van der Waals surface area contributed by atoms with Gasteiger partial charge in [-0.05, 0) is 38.8 Å². The van der Waals surface area contributed by atoms with E-state index in [0.29, 0.717) is 11.5 Å². The Morgan fingerprint density at radius 3 is 2.53 bits per heavy atom. The number of hydrogen-bond acceptors (Lipinski definition) is 5. The fraction of sp³-hybridized carbons (Fsp3) is 0.429. The van der Waals surface area contributed by atoms with Crippen LogP contribution in [0.25, 0.3) is 0 Å². The number of thiophene rings is 1. The number of aryl methyl sites for hydroxylation is 4. The van der Waals surface area contributed by atoms with E-state index < -0.39 is 0 Å². The first-order valence-corrected chi connectivity index (χ1v) is 7.84. The third-order valence-corrected chi connectivity index (χ3v) is 5.28. The van der Waals surface area contributed by atoms with Gasteiger partial charge in [-0.1, -0.05) is 6.92 Å². The van der Waals surface area contributed by atoms with Crippen LogP contribution in [0.4, 0.5) is 0 Å². The lowest BCUT2D eigenvalue weighted by atomic mass is 10.2. The molecule has 0 amide bonds. The maximum absolute atomic E-state index is 12.0. The smallest absolute Gasteiger partial charge is 0.348 e. The van der Waals surface area contributed by atoms with E-state index in [1.807, 2.05) is 26.8 Å². The van der Waals surface area contributed by atoms with Crippen molar-refractivity contribution >= 4 is 28.6 Å². The molecule has 2 rings (SSSR count). The normalized spacial score (nSPS) is 10.7. The van der Waals surface area contributed by atoms with Gasteiger partial charge in [-0.25, -0.2) is 9.78 Å². The zero-order chi connectivity index (χ0) is 14.0. The van der Waals surface area contributed by atoms with Gasteiger partial charge in [0.1, 0.15) is 11.5 Å². The Bertz CT molecular complexity index is 599. The Morgan fingerprint density at radius 2 is 2.00 bits per heavy atom. The Balaban J connectivity index is 2.03. The minimum atomic E-state index is -0.238. The van der Waals surface area contributed by atoms with Crippen LogP contribution in [0.1, 0.15) is 42.6 Å². The van der Waals surface area contributed by atoms with Crippen LogP contribution >= 0.6 is 22.7 Å². The first-order chi connectivity index (χ1) is 9.01. The lowest BCUT2D eigenvalue weighted by Crippen LogP contribution is -2.02. The van der Waals surface area contributed by atoms with Crippen molar-refractivity contribution in [3.8, 4) is 0 Å². The van der Waals surface area contributed by atoms with Crippen molar-refractivity contribution in [3.63, 3.8) is 0 Å². The van der Waals surface area contributed by atoms with Crippen LogP contribution in [0.2, 0.25) is 0 Å². The molecule has 0 unspecified atom stereocenters. The molecule has 0 aliphatic rings. The Morgan fingerprint density at radius 1 is 1.26 bits per heavy atom. The zero-order valence-electron chi connectivity index (χ0n) is 11.6. The second-order valence-corrected chi connectivity index (χ2v) is 6.81. The highest BCUT2D eigenvalue weighted by atomic mass is 32.1. The summed E-state index contributed by atoms with van der Waals surface area (Å²) in [5, 5.41) is 1.00. The quantitative estimate of drug-likeness (QED) is 0.799. The number of ether oxygens (including phenoxy) is 1. The molecule has 0 aromatic carbocycles. The molecule has 0 bridgehead atoms. The van der Waals surface area contributed by atoms with Crippen molar-refractivity contribution in [2.75, 3.05) is 0 Å². The van der Waals surface area contributed by atoms with Crippen molar-refractivity contribution < 1.29 is 9.53 Å². The van der Waals surface area contributed by atoms with E-state index in [2.05, 4.69) is 11.9 Å². The molecule has 0 saturated carbocycles. The van der Waals surface area contributed by atoms with Gasteiger partial charge in [0.05, 0.1) is 15.6 Å². The number of carbonyl (C=O) groups excluding carboxylic acids is 1. The Labute approximate surface area is 121 Å². The molecule has 0 radical (unpaired) electrons. The fourth-order valence-electron chi connectivity index (χ4n) is 1.88. The van der Waals surface area contributed by atoms with E-state index in [9.17, 15) is 4.79 Å². The molecule has 0 saturated heterocycles. The van der Waals surface area contributed by atoms with Crippen LogP contribution < -0.4 is 0 Å². The van der Waals surface area contributed by atoms with E-state index in [-0.39, 0.29) is 5.97 Å². The number of nitrogens with zero attached hydrogens (tertiary/aromatic N) is 1. The average Bonchev–Trinajstić information content (AvgIpc) is 2.89. The molecule has 0 N–H and O–H groups in total. The summed E-state index contributed by atoms with van der Waals surface area (Å²) in [5.41, 5.74) is 2.12. The third kappa shape index (κ3) is 3.22. The minimum Gasteiger partial charge on any atom is -0.456 e. The van der Waals surface area contributed by atoms with Gasteiger partial charge in [0, 0.05) is 4.88 Å². The highest BCUT2D eigenvalue weighted by Gasteiger charge is 2.14. The highest BCUT2D eigenvalue weighted by Crippen LogP contribution is 2.24. The molecule has 5 heteroatoms. The molecule has 0 spiro atoms. The fourth-order valence-corrected chi connectivity index (χ4v) is 3.74. The topological polar surface area (TPSA) is 39.2 Å². The van der Waals surface area contributed by atoms with Gasteiger partial charge in [-0.15, -0.1) is 22.7 Å². The second kappa shape index (κ2) is 5.84. The summed E-state index contributed by atoms with van der Waals surface area (Å²) in [6.45, 7) is 8.34. The predicted molar refractivity (Wildman–Crippen MR) is 79.1 cm³/mol. The van der Waals surface area contributed by atoms with E-state index in [0.717, 1.165) is 22.0 Å². The van der Waals surface area contributed by atoms with E-state index >= 15 is 0 Å². The molecule has 0 atom stereocenters. The van der Waals surface area contributed by atoms with Crippen LogP contribution in [0.3, 0.4) is 0 Å². The number of rotatable bonds is 4. The summed E-state index contributed by atoms with van der Waals surface area (Å²) in [7, 11) is 0. The first-order valence-electron chi connectivity index (χ1n) is 6.20. The summed E-state index contributed by atoms with van der Waals surface area (Å²) in [6.07, 6.45) is 0.955. The number of esters is 1.